The molecule has 1 aromatic heterocycles. The predicted octanol–water partition coefficient (Wildman–Crippen LogP) is 2.54. The Morgan fingerprint density at radius 3 is 2.44 bits per heavy atom. The van der Waals surface area contributed by atoms with Crippen LogP contribution in [0.25, 0.3) is 11.5 Å². The maximum absolute atomic E-state index is 5.87. The summed E-state index contributed by atoms with van der Waals surface area (Å²) in [6.45, 7) is 0.470. The summed E-state index contributed by atoms with van der Waals surface area (Å²) in [5, 5.41) is 8.81. The molecular formula is C10H9Cl2N3O. The number of hydrogen-bond donors (Lipinski definition) is 1. The fourth-order valence-corrected chi connectivity index (χ4v) is 1.80. The van der Waals surface area contributed by atoms with Gasteiger partial charge in [-0.1, -0.05) is 23.2 Å². The van der Waals surface area contributed by atoms with E-state index >= 15 is 0 Å². The first-order valence-electron chi connectivity index (χ1n) is 4.68. The fraction of sp³-hybridized carbons (Fsp3) is 0.200. The number of hydrogen-bond acceptors (Lipinski definition) is 4. The molecule has 0 aliphatic rings. The Balaban J connectivity index is 2.34. The van der Waals surface area contributed by atoms with Crippen LogP contribution in [0.1, 0.15) is 5.89 Å². The van der Waals surface area contributed by atoms with E-state index < -0.39 is 0 Å². The molecule has 0 saturated carbocycles. The Kier molecular flexibility index (Phi) is 3.43. The second kappa shape index (κ2) is 4.82. The van der Waals surface area contributed by atoms with Gasteiger partial charge in [-0.05, 0) is 18.2 Å². The molecule has 2 N–H and O–H groups in total. The molecule has 0 amide bonds. The molecular weight excluding hydrogens is 249 g/mol. The fourth-order valence-electron chi connectivity index (χ4n) is 1.27. The lowest BCUT2D eigenvalue weighted by atomic mass is 10.2. The number of nitrogens with zero attached hydrogens (tertiary/aromatic N) is 2. The number of nitrogens with two attached hydrogens (primary N) is 1. The van der Waals surface area contributed by atoms with Crippen LogP contribution in [-0.4, -0.2) is 16.7 Å². The Bertz CT molecular complexity index is 478. The summed E-state index contributed by atoms with van der Waals surface area (Å²) in [6.07, 6.45) is 0.557. The zero-order chi connectivity index (χ0) is 11.5. The van der Waals surface area contributed by atoms with Crippen molar-refractivity contribution in [2.45, 2.75) is 6.42 Å². The van der Waals surface area contributed by atoms with E-state index in [0.29, 0.717) is 40.4 Å². The van der Waals surface area contributed by atoms with Crippen molar-refractivity contribution >= 4 is 23.2 Å². The van der Waals surface area contributed by atoms with Gasteiger partial charge in [0.2, 0.25) is 11.8 Å². The minimum absolute atomic E-state index is 0.396. The SMILES string of the molecule is NCCc1nnc(-c2cc(Cl)cc(Cl)c2)o1. The van der Waals surface area contributed by atoms with E-state index in [1.807, 2.05) is 0 Å². The van der Waals surface area contributed by atoms with Gasteiger partial charge >= 0.3 is 0 Å². The van der Waals surface area contributed by atoms with E-state index in [9.17, 15) is 0 Å². The van der Waals surface area contributed by atoms with Crippen LogP contribution < -0.4 is 5.73 Å². The van der Waals surface area contributed by atoms with Gasteiger partial charge in [-0.15, -0.1) is 10.2 Å². The van der Waals surface area contributed by atoms with E-state index in [1.165, 1.54) is 0 Å². The highest BCUT2D eigenvalue weighted by Gasteiger charge is 2.09. The molecule has 0 aliphatic carbocycles. The average Bonchev–Trinajstić information content (AvgIpc) is 2.65. The predicted molar refractivity (Wildman–Crippen MR) is 62.5 cm³/mol. The Morgan fingerprint density at radius 2 is 1.81 bits per heavy atom. The number of aromatic nitrogens is 2. The van der Waals surface area contributed by atoms with Crippen molar-refractivity contribution in [1.29, 1.82) is 0 Å². The normalized spacial score (nSPS) is 10.7. The zero-order valence-electron chi connectivity index (χ0n) is 8.28. The van der Waals surface area contributed by atoms with Crippen molar-refractivity contribution in [3.05, 3.63) is 34.1 Å². The second-order valence-electron chi connectivity index (χ2n) is 3.20. The summed E-state index contributed by atoms with van der Waals surface area (Å²) in [4.78, 5) is 0. The summed E-state index contributed by atoms with van der Waals surface area (Å²) in [7, 11) is 0. The molecule has 0 aliphatic heterocycles. The van der Waals surface area contributed by atoms with Crippen LogP contribution in [0.15, 0.2) is 22.6 Å². The van der Waals surface area contributed by atoms with E-state index in [4.69, 9.17) is 33.4 Å². The highest BCUT2D eigenvalue weighted by Crippen LogP contribution is 2.26. The van der Waals surface area contributed by atoms with Crippen LogP contribution in [0.4, 0.5) is 0 Å². The summed E-state index contributed by atoms with van der Waals surface area (Å²) < 4.78 is 5.40. The molecule has 4 nitrogen and oxygen atoms in total. The van der Waals surface area contributed by atoms with Crippen LogP contribution in [0.2, 0.25) is 10.0 Å². The van der Waals surface area contributed by atoms with Crippen LogP contribution >= 0.6 is 23.2 Å². The monoisotopic (exact) mass is 257 g/mol. The van der Waals surface area contributed by atoms with Crippen molar-refractivity contribution in [2.24, 2.45) is 5.73 Å². The van der Waals surface area contributed by atoms with Gasteiger partial charge in [-0.3, -0.25) is 0 Å². The molecule has 2 aromatic rings. The topological polar surface area (TPSA) is 64.9 Å². The van der Waals surface area contributed by atoms with Gasteiger partial charge in [0.1, 0.15) is 0 Å². The van der Waals surface area contributed by atoms with Crippen molar-refractivity contribution in [3.8, 4) is 11.5 Å². The van der Waals surface area contributed by atoms with E-state index in [-0.39, 0.29) is 0 Å². The van der Waals surface area contributed by atoms with E-state index in [0.717, 1.165) is 0 Å². The molecule has 84 valence electrons. The third-order valence-corrected chi connectivity index (χ3v) is 2.37. The van der Waals surface area contributed by atoms with Crippen LogP contribution in [0.5, 0.6) is 0 Å². The van der Waals surface area contributed by atoms with Crippen molar-refractivity contribution in [1.82, 2.24) is 10.2 Å². The number of halogens is 2. The summed E-state index contributed by atoms with van der Waals surface area (Å²) in [5.41, 5.74) is 6.09. The largest absolute Gasteiger partial charge is 0.421 e. The summed E-state index contributed by atoms with van der Waals surface area (Å²) in [5.74, 6) is 0.904. The minimum Gasteiger partial charge on any atom is -0.421 e. The van der Waals surface area contributed by atoms with Gasteiger partial charge < -0.3 is 10.2 Å². The number of benzene rings is 1. The first-order valence-corrected chi connectivity index (χ1v) is 5.43. The van der Waals surface area contributed by atoms with Gasteiger partial charge in [0.05, 0.1) is 0 Å². The molecule has 6 heteroatoms. The van der Waals surface area contributed by atoms with E-state index in [1.54, 1.807) is 18.2 Å². The summed E-state index contributed by atoms with van der Waals surface area (Å²) >= 11 is 11.7. The smallest absolute Gasteiger partial charge is 0.247 e. The third kappa shape index (κ3) is 2.52. The van der Waals surface area contributed by atoms with Crippen molar-refractivity contribution in [2.75, 3.05) is 6.54 Å². The van der Waals surface area contributed by atoms with Gasteiger partial charge in [-0.25, -0.2) is 0 Å². The molecule has 0 bridgehead atoms. The van der Waals surface area contributed by atoms with Gasteiger partial charge in [-0.2, -0.15) is 0 Å². The van der Waals surface area contributed by atoms with E-state index in [2.05, 4.69) is 10.2 Å². The van der Waals surface area contributed by atoms with Crippen LogP contribution in [0, 0.1) is 0 Å². The van der Waals surface area contributed by atoms with Gasteiger partial charge in [0.25, 0.3) is 0 Å². The lowest BCUT2D eigenvalue weighted by molar-refractivity contribution is 0.507. The minimum atomic E-state index is 0.396. The lowest BCUT2D eigenvalue weighted by Gasteiger charge is -1.97. The number of rotatable bonds is 3. The van der Waals surface area contributed by atoms with Crippen molar-refractivity contribution < 1.29 is 4.42 Å². The Hall–Kier alpha value is -1.10. The molecule has 0 saturated heterocycles. The second-order valence-corrected chi connectivity index (χ2v) is 4.07. The van der Waals surface area contributed by atoms with Crippen molar-refractivity contribution in [3.63, 3.8) is 0 Å². The van der Waals surface area contributed by atoms with Gasteiger partial charge in [0, 0.05) is 28.6 Å². The summed E-state index contributed by atoms with van der Waals surface area (Å²) in [6, 6.07) is 5.07. The third-order valence-electron chi connectivity index (χ3n) is 1.93. The maximum atomic E-state index is 5.87. The Morgan fingerprint density at radius 1 is 1.12 bits per heavy atom. The zero-order valence-corrected chi connectivity index (χ0v) is 9.79. The first kappa shape index (κ1) is 11.4. The highest BCUT2D eigenvalue weighted by atomic mass is 35.5. The van der Waals surface area contributed by atoms with Crippen LogP contribution in [0.3, 0.4) is 0 Å². The molecule has 16 heavy (non-hydrogen) atoms. The first-order chi connectivity index (χ1) is 7.69. The highest BCUT2D eigenvalue weighted by molar-refractivity contribution is 6.35. The maximum Gasteiger partial charge on any atom is 0.247 e. The van der Waals surface area contributed by atoms with Crippen LogP contribution in [-0.2, 0) is 6.42 Å². The van der Waals surface area contributed by atoms with Gasteiger partial charge in [0.15, 0.2) is 0 Å². The molecule has 1 heterocycles. The standard InChI is InChI=1S/C10H9Cl2N3O/c11-7-3-6(4-8(12)5-7)10-15-14-9(16-10)1-2-13/h3-5H,1-2,13H2. The molecule has 1 aromatic carbocycles. The lowest BCUT2D eigenvalue weighted by Crippen LogP contribution is -2.02. The molecule has 0 radical (unpaired) electrons. The Labute approximate surface area is 102 Å². The quantitative estimate of drug-likeness (QED) is 0.918. The molecule has 0 atom stereocenters. The molecule has 0 unspecified atom stereocenters. The molecule has 0 fully saturated rings. The average molecular weight is 258 g/mol. The molecule has 0 spiro atoms. The molecule has 2 rings (SSSR count).